The molecule has 0 saturated heterocycles. The van der Waals surface area contributed by atoms with Crippen LogP contribution in [-0.2, 0) is 0 Å². The molecule has 106 valence electrons. The van der Waals surface area contributed by atoms with E-state index in [0.717, 1.165) is 18.8 Å². The monoisotopic (exact) mass is 261 g/mol. The minimum Gasteiger partial charge on any atom is -0.494 e. The van der Waals surface area contributed by atoms with E-state index < -0.39 is 0 Å². The van der Waals surface area contributed by atoms with Gasteiger partial charge < -0.3 is 10.5 Å². The third-order valence-corrected chi connectivity index (χ3v) is 4.31. The maximum Gasteiger partial charge on any atom is 0.119 e. The van der Waals surface area contributed by atoms with Crippen molar-refractivity contribution in [3.05, 3.63) is 30.3 Å². The molecular weight excluding hydrogens is 234 g/mol. The van der Waals surface area contributed by atoms with Crippen LogP contribution in [0.1, 0.15) is 46.0 Å². The highest BCUT2D eigenvalue weighted by molar-refractivity contribution is 5.20. The van der Waals surface area contributed by atoms with Crippen LogP contribution in [0.15, 0.2) is 30.3 Å². The van der Waals surface area contributed by atoms with Gasteiger partial charge in [0.25, 0.3) is 0 Å². The average molecular weight is 261 g/mol. The van der Waals surface area contributed by atoms with Crippen LogP contribution < -0.4 is 10.5 Å². The molecule has 19 heavy (non-hydrogen) atoms. The molecular formula is C17H27NO. The summed E-state index contributed by atoms with van der Waals surface area (Å²) in [5.74, 6) is 1.64. The van der Waals surface area contributed by atoms with Crippen molar-refractivity contribution in [2.75, 3.05) is 6.61 Å². The molecule has 1 aromatic rings. The van der Waals surface area contributed by atoms with E-state index in [1.54, 1.807) is 0 Å². The van der Waals surface area contributed by atoms with Crippen LogP contribution in [0, 0.1) is 11.3 Å². The molecule has 1 aliphatic rings. The maximum atomic E-state index is 6.25. The Kier molecular flexibility index (Phi) is 4.87. The largest absolute Gasteiger partial charge is 0.494 e. The molecule has 1 saturated carbocycles. The third kappa shape index (κ3) is 4.54. The molecule has 1 aromatic carbocycles. The van der Waals surface area contributed by atoms with Gasteiger partial charge >= 0.3 is 0 Å². The van der Waals surface area contributed by atoms with Crippen molar-refractivity contribution in [2.24, 2.45) is 17.1 Å². The molecule has 2 unspecified atom stereocenters. The van der Waals surface area contributed by atoms with Gasteiger partial charge in [-0.1, -0.05) is 32.0 Å². The summed E-state index contributed by atoms with van der Waals surface area (Å²) < 4.78 is 5.74. The van der Waals surface area contributed by atoms with Crippen LogP contribution in [-0.4, -0.2) is 12.6 Å². The van der Waals surface area contributed by atoms with Crippen molar-refractivity contribution in [3.63, 3.8) is 0 Å². The first kappa shape index (κ1) is 14.4. The van der Waals surface area contributed by atoms with Gasteiger partial charge in [-0.2, -0.15) is 0 Å². The molecule has 0 aromatic heterocycles. The second-order valence-electron chi connectivity index (χ2n) is 6.63. The highest BCUT2D eigenvalue weighted by Crippen LogP contribution is 2.39. The van der Waals surface area contributed by atoms with Crippen molar-refractivity contribution < 1.29 is 4.74 Å². The van der Waals surface area contributed by atoms with E-state index in [1.165, 1.54) is 25.7 Å². The number of benzene rings is 1. The Hall–Kier alpha value is -1.02. The molecule has 2 rings (SSSR count). The predicted octanol–water partition coefficient (Wildman–Crippen LogP) is 4.00. The molecule has 2 nitrogen and oxygen atoms in total. The second-order valence-corrected chi connectivity index (χ2v) is 6.63. The lowest BCUT2D eigenvalue weighted by Gasteiger charge is -2.39. The van der Waals surface area contributed by atoms with Crippen molar-refractivity contribution in [3.8, 4) is 5.75 Å². The summed E-state index contributed by atoms with van der Waals surface area (Å²) in [6, 6.07) is 10.4. The number of ether oxygens (including phenoxy) is 1. The fraction of sp³-hybridized carbons (Fsp3) is 0.647. The van der Waals surface area contributed by atoms with Gasteiger partial charge in [-0.25, -0.2) is 0 Å². The summed E-state index contributed by atoms with van der Waals surface area (Å²) >= 11 is 0. The summed E-state index contributed by atoms with van der Waals surface area (Å²) in [4.78, 5) is 0. The molecule has 0 radical (unpaired) electrons. The van der Waals surface area contributed by atoms with Gasteiger partial charge in [0.2, 0.25) is 0 Å². The van der Waals surface area contributed by atoms with Crippen LogP contribution in [0.25, 0.3) is 0 Å². The molecule has 0 spiro atoms. The molecule has 2 atom stereocenters. The van der Waals surface area contributed by atoms with Gasteiger partial charge in [-0.15, -0.1) is 0 Å². The predicted molar refractivity (Wildman–Crippen MR) is 80.3 cm³/mol. The van der Waals surface area contributed by atoms with E-state index in [-0.39, 0.29) is 0 Å². The van der Waals surface area contributed by atoms with Crippen molar-refractivity contribution in [2.45, 2.75) is 52.0 Å². The minimum absolute atomic E-state index is 0.393. The minimum atomic E-state index is 0.393. The third-order valence-electron chi connectivity index (χ3n) is 4.31. The fourth-order valence-corrected chi connectivity index (χ4v) is 3.12. The van der Waals surface area contributed by atoms with Gasteiger partial charge in [0, 0.05) is 6.04 Å². The standard InChI is InChI=1S/C17H27NO/c1-17(2)11-10-16(18)14(13-17)7-6-12-19-15-8-4-3-5-9-15/h3-5,8-9,14,16H,6-7,10-13,18H2,1-2H3. The van der Waals surface area contributed by atoms with Crippen molar-refractivity contribution in [1.29, 1.82) is 0 Å². The highest BCUT2D eigenvalue weighted by atomic mass is 16.5. The SMILES string of the molecule is CC1(C)CCC(N)C(CCCOc2ccccc2)C1. The molecule has 0 bridgehead atoms. The highest BCUT2D eigenvalue weighted by Gasteiger charge is 2.32. The van der Waals surface area contributed by atoms with E-state index in [2.05, 4.69) is 13.8 Å². The molecule has 1 aliphatic carbocycles. The Morgan fingerprint density at radius 3 is 2.74 bits per heavy atom. The summed E-state index contributed by atoms with van der Waals surface area (Å²) in [5.41, 5.74) is 6.73. The smallest absolute Gasteiger partial charge is 0.119 e. The van der Waals surface area contributed by atoms with E-state index in [1.807, 2.05) is 30.3 Å². The molecule has 0 heterocycles. The van der Waals surface area contributed by atoms with Gasteiger partial charge in [0.05, 0.1) is 6.61 Å². The van der Waals surface area contributed by atoms with Crippen molar-refractivity contribution in [1.82, 2.24) is 0 Å². The lowest BCUT2D eigenvalue weighted by molar-refractivity contribution is 0.143. The zero-order valence-corrected chi connectivity index (χ0v) is 12.3. The Morgan fingerprint density at radius 2 is 2.00 bits per heavy atom. The number of para-hydroxylation sites is 1. The van der Waals surface area contributed by atoms with E-state index in [0.29, 0.717) is 17.4 Å². The number of hydrogen-bond acceptors (Lipinski definition) is 2. The van der Waals surface area contributed by atoms with E-state index in [9.17, 15) is 0 Å². The lowest BCUT2D eigenvalue weighted by atomic mass is 9.69. The average Bonchev–Trinajstić information content (AvgIpc) is 2.40. The van der Waals surface area contributed by atoms with Crippen LogP contribution >= 0.6 is 0 Å². The van der Waals surface area contributed by atoms with Gasteiger partial charge in [-0.05, 0) is 55.6 Å². The summed E-state index contributed by atoms with van der Waals surface area (Å²) in [7, 11) is 0. The van der Waals surface area contributed by atoms with Gasteiger partial charge in [0.1, 0.15) is 5.75 Å². The Morgan fingerprint density at radius 1 is 1.26 bits per heavy atom. The zero-order chi connectivity index (χ0) is 13.7. The molecule has 0 amide bonds. The zero-order valence-electron chi connectivity index (χ0n) is 12.3. The quantitative estimate of drug-likeness (QED) is 0.813. The summed E-state index contributed by atoms with van der Waals surface area (Å²) in [6.07, 6.45) is 6.00. The molecule has 0 aliphatic heterocycles. The maximum absolute atomic E-state index is 6.25. The first-order valence-electron chi connectivity index (χ1n) is 7.50. The first-order valence-corrected chi connectivity index (χ1v) is 7.50. The molecule has 2 N–H and O–H groups in total. The van der Waals surface area contributed by atoms with Crippen LogP contribution in [0.5, 0.6) is 5.75 Å². The van der Waals surface area contributed by atoms with Crippen LogP contribution in [0.3, 0.4) is 0 Å². The summed E-state index contributed by atoms with van der Waals surface area (Å²) in [5, 5.41) is 0. The number of rotatable bonds is 5. The topological polar surface area (TPSA) is 35.2 Å². The van der Waals surface area contributed by atoms with E-state index in [4.69, 9.17) is 10.5 Å². The fourth-order valence-electron chi connectivity index (χ4n) is 3.12. The lowest BCUT2D eigenvalue weighted by Crippen LogP contribution is -2.39. The number of nitrogens with two attached hydrogens (primary N) is 1. The Bertz CT molecular complexity index is 374. The van der Waals surface area contributed by atoms with Crippen LogP contribution in [0.4, 0.5) is 0 Å². The van der Waals surface area contributed by atoms with Crippen molar-refractivity contribution >= 4 is 0 Å². The van der Waals surface area contributed by atoms with Gasteiger partial charge in [0.15, 0.2) is 0 Å². The molecule has 2 heteroatoms. The second kappa shape index (κ2) is 6.42. The Balaban J connectivity index is 1.70. The van der Waals surface area contributed by atoms with Crippen LogP contribution in [0.2, 0.25) is 0 Å². The normalized spacial score (nSPS) is 26.1. The van der Waals surface area contributed by atoms with E-state index >= 15 is 0 Å². The Labute approximate surface area is 117 Å². The first-order chi connectivity index (χ1) is 9.07. The van der Waals surface area contributed by atoms with Gasteiger partial charge in [-0.3, -0.25) is 0 Å². The number of hydrogen-bond donors (Lipinski definition) is 1. The summed E-state index contributed by atoms with van der Waals surface area (Å²) in [6.45, 7) is 5.53. The molecule has 1 fully saturated rings.